The van der Waals surface area contributed by atoms with Crippen LogP contribution in [0, 0.1) is 25.2 Å². The second-order valence-electron chi connectivity index (χ2n) is 5.55. The second kappa shape index (κ2) is 8.49. The number of rotatable bonds is 5. The van der Waals surface area contributed by atoms with Crippen LogP contribution in [0.2, 0.25) is 0 Å². The van der Waals surface area contributed by atoms with Gasteiger partial charge in [-0.15, -0.1) is 0 Å². The summed E-state index contributed by atoms with van der Waals surface area (Å²) >= 11 is 0. The lowest BCUT2D eigenvalue weighted by atomic mass is 10.1. The summed E-state index contributed by atoms with van der Waals surface area (Å²) in [5, 5.41) is 14.8. The Labute approximate surface area is 152 Å². The first kappa shape index (κ1) is 18.7. The van der Waals surface area contributed by atoms with E-state index in [0.29, 0.717) is 16.9 Å². The van der Waals surface area contributed by atoms with Crippen molar-refractivity contribution in [3.63, 3.8) is 0 Å². The molecule has 0 unspecified atom stereocenters. The number of carbonyl (C=O) groups excluding carboxylic acids is 2. The zero-order valence-corrected chi connectivity index (χ0v) is 14.8. The summed E-state index contributed by atoms with van der Waals surface area (Å²) in [5.74, 6) is -1.05. The molecular formula is C20H19N3O3. The van der Waals surface area contributed by atoms with Gasteiger partial charge in [0.05, 0.1) is 18.4 Å². The molecular weight excluding hydrogens is 330 g/mol. The van der Waals surface area contributed by atoms with Gasteiger partial charge in [0, 0.05) is 11.9 Å². The number of carbonyl (C=O) groups is 2. The number of para-hydroxylation sites is 1. The number of nitriles is 1. The summed E-state index contributed by atoms with van der Waals surface area (Å²) < 4.78 is 4.72. The maximum Gasteiger partial charge on any atom is 0.339 e. The van der Waals surface area contributed by atoms with Crippen LogP contribution in [0.4, 0.5) is 11.4 Å². The number of amides is 1. The number of hydrogen-bond donors (Lipinski definition) is 2. The highest BCUT2D eigenvalue weighted by Crippen LogP contribution is 2.19. The van der Waals surface area contributed by atoms with Gasteiger partial charge in [0.2, 0.25) is 0 Å². The largest absolute Gasteiger partial charge is 0.465 e. The van der Waals surface area contributed by atoms with Crippen molar-refractivity contribution in [1.82, 2.24) is 0 Å². The standard InChI is InChI=1S/C20H19N3O3/c1-13-7-6-10-17(14(13)2)23-19(24)15(11-21)12-22-18-9-5-4-8-16(18)20(25)26-3/h4-10,12,22H,1-3H3,(H,23,24)/b15-12-. The Morgan fingerprint density at radius 2 is 1.77 bits per heavy atom. The molecule has 2 aromatic carbocycles. The number of aryl methyl sites for hydroxylation is 1. The molecule has 0 saturated heterocycles. The molecule has 0 aliphatic carbocycles. The molecule has 26 heavy (non-hydrogen) atoms. The Balaban J connectivity index is 2.21. The first-order valence-electron chi connectivity index (χ1n) is 7.89. The lowest BCUT2D eigenvalue weighted by molar-refractivity contribution is -0.112. The fourth-order valence-electron chi connectivity index (χ4n) is 2.27. The lowest BCUT2D eigenvalue weighted by Crippen LogP contribution is -2.16. The maximum absolute atomic E-state index is 12.4. The van der Waals surface area contributed by atoms with Crippen LogP contribution in [0.3, 0.4) is 0 Å². The Morgan fingerprint density at radius 3 is 2.46 bits per heavy atom. The number of benzene rings is 2. The van der Waals surface area contributed by atoms with Crippen molar-refractivity contribution in [1.29, 1.82) is 5.26 Å². The van der Waals surface area contributed by atoms with Gasteiger partial charge >= 0.3 is 5.97 Å². The molecule has 0 radical (unpaired) electrons. The molecule has 132 valence electrons. The predicted molar refractivity (Wildman–Crippen MR) is 99.6 cm³/mol. The smallest absolute Gasteiger partial charge is 0.339 e. The summed E-state index contributed by atoms with van der Waals surface area (Å²) in [6, 6.07) is 14.1. The summed E-state index contributed by atoms with van der Waals surface area (Å²) in [6.07, 6.45) is 1.27. The molecule has 0 fully saturated rings. The average molecular weight is 349 g/mol. The molecule has 2 N–H and O–H groups in total. The van der Waals surface area contributed by atoms with Gasteiger partial charge in [0.25, 0.3) is 5.91 Å². The number of esters is 1. The summed E-state index contributed by atoms with van der Waals surface area (Å²) in [4.78, 5) is 24.1. The minimum Gasteiger partial charge on any atom is -0.465 e. The van der Waals surface area contributed by atoms with Gasteiger partial charge in [-0.25, -0.2) is 4.79 Å². The number of hydrogen-bond acceptors (Lipinski definition) is 5. The number of nitrogens with zero attached hydrogens (tertiary/aromatic N) is 1. The van der Waals surface area contributed by atoms with E-state index in [1.807, 2.05) is 32.0 Å². The summed E-state index contributed by atoms with van der Waals surface area (Å²) in [5.41, 5.74) is 3.24. The number of methoxy groups -OCH3 is 1. The van der Waals surface area contributed by atoms with Crippen LogP contribution in [0.5, 0.6) is 0 Å². The van der Waals surface area contributed by atoms with E-state index in [0.717, 1.165) is 11.1 Å². The normalized spacial score (nSPS) is 10.6. The van der Waals surface area contributed by atoms with Gasteiger partial charge < -0.3 is 15.4 Å². The van der Waals surface area contributed by atoms with Gasteiger partial charge in [0.15, 0.2) is 0 Å². The van der Waals surface area contributed by atoms with E-state index < -0.39 is 11.9 Å². The van der Waals surface area contributed by atoms with E-state index in [9.17, 15) is 14.9 Å². The Hall–Kier alpha value is -3.59. The molecule has 2 aromatic rings. The molecule has 0 aromatic heterocycles. The van der Waals surface area contributed by atoms with Crippen molar-refractivity contribution in [3.05, 3.63) is 70.9 Å². The van der Waals surface area contributed by atoms with Crippen molar-refractivity contribution in [3.8, 4) is 6.07 Å². The van der Waals surface area contributed by atoms with E-state index in [1.54, 1.807) is 30.3 Å². The molecule has 2 rings (SSSR count). The fraction of sp³-hybridized carbons (Fsp3) is 0.150. The van der Waals surface area contributed by atoms with Gasteiger partial charge in [-0.2, -0.15) is 5.26 Å². The van der Waals surface area contributed by atoms with Crippen LogP contribution < -0.4 is 10.6 Å². The van der Waals surface area contributed by atoms with Crippen LogP contribution in [-0.4, -0.2) is 19.0 Å². The van der Waals surface area contributed by atoms with E-state index in [4.69, 9.17) is 4.74 Å². The number of nitrogens with one attached hydrogen (secondary N) is 2. The molecule has 0 bridgehead atoms. The highest BCUT2D eigenvalue weighted by atomic mass is 16.5. The highest BCUT2D eigenvalue weighted by Gasteiger charge is 2.13. The Morgan fingerprint density at radius 1 is 1.08 bits per heavy atom. The molecule has 1 amide bonds. The Kier molecular flexibility index (Phi) is 6.12. The van der Waals surface area contributed by atoms with Gasteiger partial charge in [-0.3, -0.25) is 4.79 Å². The lowest BCUT2D eigenvalue weighted by Gasteiger charge is -2.10. The predicted octanol–water partition coefficient (Wildman–Crippen LogP) is 3.55. The SMILES string of the molecule is COC(=O)c1ccccc1N/C=C(/C#N)C(=O)Nc1cccc(C)c1C. The molecule has 6 heteroatoms. The van der Waals surface area contributed by atoms with E-state index in [2.05, 4.69) is 10.6 Å². The van der Waals surface area contributed by atoms with Crippen molar-refractivity contribution in [2.45, 2.75) is 13.8 Å². The molecule has 0 aliphatic heterocycles. The third-order valence-corrected chi connectivity index (χ3v) is 3.92. The first-order chi connectivity index (χ1) is 12.5. The molecule has 6 nitrogen and oxygen atoms in total. The van der Waals surface area contributed by atoms with Gasteiger partial charge in [-0.1, -0.05) is 24.3 Å². The van der Waals surface area contributed by atoms with Crippen LogP contribution in [0.1, 0.15) is 21.5 Å². The van der Waals surface area contributed by atoms with Crippen LogP contribution in [0.15, 0.2) is 54.2 Å². The van der Waals surface area contributed by atoms with E-state index in [-0.39, 0.29) is 5.57 Å². The van der Waals surface area contributed by atoms with Crippen molar-refractivity contribution >= 4 is 23.3 Å². The third kappa shape index (κ3) is 4.28. The third-order valence-electron chi connectivity index (χ3n) is 3.92. The molecule has 0 spiro atoms. The average Bonchev–Trinajstić information content (AvgIpc) is 2.65. The first-order valence-corrected chi connectivity index (χ1v) is 7.89. The van der Waals surface area contributed by atoms with Crippen LogP contribution in [-0.2, 0) is 9.53 Å². The Bertz CT molecular complexity index is 911. The highest BCUT2D eigenvalue weighted by molar-refractivity contribution is 6.07. The molecule has 0 aliphatic rings. The minimum absolute atomic E-state index is 0.120. The zero-order chi connectivity index (χ0) is 19.1. The van der Waals surface area contributed by atoms with Gasteiger partial charge in [-0.05, 0) is 43.2 Å². The maximum atomic E-state index is 12.4. The van der Waals surface area contributed by atoms with Crippen molar-refractivity contribution in [2.75, 3.05) is 17.7 Å². The minimum atomic E-state index is -0.538. The van der Waals surface area contributed by atoms with E-state index >= 15 is 0 Å². The molecule has 0 atom stereocenters. The van der Waals surface area contributed by atoms with Gasteiger partial charge in [0.1, 0.15) is 11.6 Å². The monoisotopic (exact) mass is 349 g/mol. The number of anilines is 2. The zero-order valence-electron chi connectivity index (χ0n) is 14.8. The quantitative estimate of drug-likeness (QED) is 0.489. The molecule has 0 heterocycles. The second-order valence-corrected chi connectivity index (χ2v) is 5.55. The fourth-order valence-corrected chi connectivity index (χ4v) is 2.27. The van der Waals surface area contributed by atoms with Crippen molar-refractivity contribution < 1.29 is 14.3 Å². The van der Waals surface area contributed by atoms with Crippen LogP contribution in [0.25, 0.3) is 0 Å². The van der Waals surface area contributed by atoms with E-state index in [1.165, 1.54) is 13.3 Å². The topological polar surface area (TPSA) is 91.2 Å². The molecule has 0 saturated carbocycles. The number of ether oxygens (including phenoxy) is 1. The summed E-state index contributed by atoms with van der Waals surface area (Å²) in [7, 11) is 1.29. The summed E-state index contributed by atoms with van der Waals surface area (Å²) in [6.45, 7) is 3.84. The van der Waals surface area contributed by atoms with Crippen molar-refractivity contribution in [2.24, 2.45) is 0 Å². The van der Waals surface area contributed by atoms with Crippen LogP contribution >= 0.6 is 0 Å².